The first kappa shape index (κ1) is 15.1. The van der Waals surface area contributed by atoms with E-state index >= 15 is 0 Å². The fourth-order valence-electron chi connectivity index (χ4n) is 2.73. The van der Waals surface area contributed by atoms with Crippen LogP contribution in [-0.4, -0.2) is 24.5 Å². The smallest absolute Gasteiger partial charge is 0.319 e. The third-order valence-electron chi connectivity index (χ3n) is 3.85. The molecule has 2 aromatic rings. The molecule has 0 aromatic heterocycles. The number of nitrogens with one attached hydrogen (secondary N) is 2. The zero-order valence-corrected chi connectivity index (χ0v) is 13.0. The number of anilines is 2. The summed E-state index contributed by atoms with van der Waals surface area (Å²) in [5, 5.41) is 5.52. The third-order valence-corrected chi connectivity index (χ3v) is 3.85. The zero-order valence-electron chi connectivity index (χ0n) is 13.0. The lowest BCUT2D eigenvalue weighted by atomic mass is 10.2. The Hall–Kier alpha value is -2.82. The highest BCUT2D eigenvalue weighted by Gasteiger charge is 2.33. The summed E-state index contributed by atoms with van der Waals surface area (Å²) in [5.41, 5.74) is 2.64. The van der Waals surface area contributed by atoms with Gasteiger partial charge in [0.15, 0.2) is 0 Å². The highest BCUT2D eigenvalue weighted by atomic mass is 16.2. The van der Waals surface area contributed by atoms with Crippen molar-refractivity contribution in [2.45, 2.75) is 19.4 Å². The van der Waals surface area contributed by atoms with Crippen molar-refractivity contribution in [3.8, 4) is 0 Å². The van der Waals surface area contributed by atoms with Crippen molar-refractivity contribution in [2.75, 3.05) is 16.8 Å². The Morgan fingerprint density at radius 2 is 1.91 bits per heavy atom. The van der Waals surface area contributed by atoms with Crippen LogP contribution in [-0.2, 0) is 4.79 Å². The number of urea groups is 1. The maximum Gasteiger partial charge on any atom is 0.319 e. The second-order valence-electron chi connectivity index (χ2n) is 5.63. The quantitative estimate of drug-likeness (QED) is 0.916. The molecule has 0 spiro atoms. The summed E-state index contributed by atoms with van der Waals surface area (Å²) in [6.45, 7) is 2.57. The molecule has 1 fully saturated rings. The first-order valence-electron chi connectivity index (χ1n) is 7.64. The van der Waals surface area contributed by atoms with Crippen LogP contribution in [0.15, 0.2) is 54.6 Å². The number of rotatable bonds is 3. The predicted octanol–water partition coefficient (Wildman–Crippen LogP) is 2.92. The van der Waals surface area contributed by atoms with Crippen LogP contribution < -0.4 is 15.5 Å². The molecular formula is C18H19N3O2. The van der Waals surface area contributed by atoms with Crippen LogP contribution in [0.25, 0.3) is 0 Å². The molecule has 0 unspecified atom stereocenters. The van der Waals surface area contributed by atoms with Gasteiger partial charge in [-0.2, -0.15) is 0 Å². The normalized spacial score (nSPS) is 17.2. The van der Waals surface area contributed by atoms with Crippen LogP contribution in [0.4, 0.5) is 16.2 Å². The average Bonchev–Trinajstić information content (AvgIpc) is 2.89. The molecule has 118 valence electrons. The van der Waals surface area contributed by atoms with Crippen molar-refractivity contribution in [1.82, 2.24) is 5.32 Å². The molecule has 23 heavy (non-hydrogen) atoms. The molecule has 1 aliphatic rings. The monoisotopic (exact) mass is 309 g/mol. The summed E-state index contributed by atoms with van der Waals surface area (Å²) in [4.78, 5) is 26.2. The van der Waals surface area contributed by atoms with Crippen molar-refractivity contribution < 1.29 is 9.59 Å². The lowest BCUT2D eigenvalue weighted by Crippen LogP contribution is -2.43. The van der Waals surface area contributed by atoms with Gasteiger partial charge in [-0.3, -0.25) is 4.79 Å². The fraction of sp³-hybridized carbons (Fsp3) is 0.222. The van der Waals surface area contributed by atoms with Gasteiger partial charge >= 0.3 is 6.03 Å². The van der Waals surface area contributed by atoms with E-state index in [4.69, 9.17) is 0 Å². The molecule has 5 heteroatoms. The van der Waals surface area contributed by atoms with Crippen molar-refractivity contribution in [3.63, 3.8) is 0 Å². The van der Waals surface area contributed by atoms with Crippen LogP contribution in [0.1, 0.15) is 12.0 Å². The molecule has 3 amide bonds. The van der Waals surface area contributed by atoms with Gasteiger partial charge in [0.05, 0.1) is 0 Å². The molecular weight excluding hydrogens is 290 g/mol. The largest absolute Gasteiger partial charge is 0.326 e. The van der Waals surface area contributed by atoms with E-state index < -0.39 is 6.04 Å². The van der Waals surface area contributed by atoms with Gasteiger partial charge in [-0.25, -0.2) is 4.79 Å². The van der Waals surface area contributed by atoms with Gasteiger partial charge < -0.3 is 15.5 Å². The second-order valence-corrected chi connectivity index (χ2v) is 5.63. The number of nitrogens with zero attached hydrogens (tertiary/aromatic N) is 1. The van der Waals surface area contributed by atoms with Crippen molar-refractivity contribution >= 4 is 23.3 Å². The maximum atomic E-state index is 12.4. The molecule has 0 aliphatic carbocycles. The number of para-hydroxylation sites is 1. The van der Waals surface area contributed by atoms with E-state index in [1.54, 1.807) is 4.90 Å². The molecule has 2 N–H and O–H groups in total. The van der Waals surface area contributed by atoms with E-state index in [1.165, 1.54) is 0 Å². The minimum absolute atomic E-state index is 0.0735. The van der Waals surface area contributed by atoms with Gasteiger partial charge in [-0.05, 0) is 43.2 Å². The van der Waals surface area contributed by atoms with Crippen LogP contribution in [0.5, 0.6) is 0 Å². The Kier molecular flexibility index (Phi) is 4.28. The van der Waals surface area contributed by atoms with Gasteiger partial charge in [0.1, 0.15) is 6.04 Å². The van der Waals surface area contributed by atoms with Crippen molar-refractivity contribution in [2.24, 2.45) is 0 Å². The molecule has 1 heterocycles. The number of amides is 3. The summed E-state index contributed by atoms with van der Waals surface area (Å²) < 4.78 is 0. The Bertz CT molecular complexity index is 715. The van der Waals surface area contributed by atoms with Crippen molar-refractivity contribution in [3.05, 3.63) is 60.2 Å². The Morgan fingerprint density at radius 3 is 2.65 bits per heavy atom. The fourth-order valence-corrected chi connectivity index (χ4v) is 2.73. The van der Waals surface area contributed by atoms with E-state index in [2.05, 4.69) is 10.6 Å². The molecule has 2 aromatic carbocycles. The molecule has 0 saturated carbocycles. The van der Waals surface area contributed by atoms with E-state index in [-0.39, 0.29) is 11.9 Å². The minimum Gasteiger partial charge on any atom is -0.326 e. The Balaban J connectivity index is 1.60. The second kappa shape index (κ2) is 6.52. The molecule has 1 aliphatic heterocycles. The van der Waals surface area contributed by atoms with E-state index in [0.29, 0.717) is 18.7 Å². The number of carbonyl (C=O) groups is 2. The van der Waals surface area contributed by atoms with E-state index in [1.807, 2.05) is 61.5 Å². The summed E-state index contributed by atoms with van der Waals surface area (Å²) in [7, 11) is 0. The van der Waals surface area contributed by atoms with Gasteiger partial charge in [0.25, 0.3) is 0 Å². The number of hydrogen-bond donors (Lipinski definition) is 2. The molecule has 3 rings (SSSR count). The predicted molar refractivity (Wildman–Crippen MR) is 90.5 cm³/mol. The lowest BCUT2D eigenvalue weighted by molar-refractivity contribution is -0.118. The van der Waals surface area contributed by atoms with Gasteiger partial charge in [0, 0.05) is 17.9 Å². The lowest BCUT2D eigenvalue weighted by Gasteiger charge is -2.17. The van der Waals surface area contributed by atoms with Gasteiger partial charge in [0.2, 0.25) is 5.91 Å². The standard InChI is InChI=1S/C18H19N3O2/c1-13-6-5-7-14(12-13)19-18(23)20-16-10-11-21(17(16)22)15-8-3-2-4-9-15/h2-9,12,16H,10-11H2,1H3,(H2,19,20,23)/t16-/m1/s1. The number of hydrogen-bond acceptors (Lipinski definition) is 2. The highest BCUT2D eigenvalue weighted by molar-refractivity contribution is 6.02. The zero-order chi connectivity index (χ0) is 16.2. The molecule has 5 nitrogen and oxygen atoms in total. The van der Waals surface area contributed by atoms with Gasteiger partial charge in [-0.1, -0.05) is 30.3 Å². The Morgan fingerprint density at radius 1 is 1.13 bits per heavy atom. The van der Waals surface area contributed by atoms with E-state index in [9.17, 15) is 9.59 Å². The first-order valence-corrected chi connectivity index (χ1v) is 7.64. The number of carbonyl (C=O) groups excluding carboxylic acids is 2. The number of aryl methyl sites for hydroxylation is 1. The summed E-state index contributed by atoms with van der Waals surface area (Å²) >= 11 is 0. The topological polar surface area (TPSA) is 61.4 Å². The third kappa shape index (κ3) is 3.51. The number of benzene rings is 2. The molecule has 0 radical (unpaired) electrons. The molecule has 1 atom stereocenters. The molecule has 0 bridgehead atoms. The van der Waals surface area contributed by atoms with E-state index in [0.717, 1.165) is 11.3 Å². The summed E-state index contributed by atoms with van der Waals surface area (Å²) in [6, 6.07) is 16.2. The van der Waals surface area contributed by atoms with Crippen LogP contribution in [0.2, 0.25) is 0 Å². The average molecular weight is 309 g/mol. The Labute approximate surface area is 135 Å². The van der Waals surface area contributed by atoms with Crippen LogP contribution in [0, 0.1) is 6.92 Å². The van der Waals surface area contributed by atoms with Gasteiger partial charge in [-0.15, -0.1) is 0 Å². The van der Waals surface area contributed by atoms with Crippen LogP contribution in [0.3, 0.4) is 0 Å². The maximum absolute atomic E-state index is 12.4. The van der Waals surface area contributed by atoms with Crippen molar-refractivity contribution in [1.29, 1.82) is 0 Å². The van der Waals surface area contributed by atoms with Crippen LogP contribution >= 0.6 is 0 Å². The first-order chi connectivity index (χ1) is 11.1. The highest BCUT2D eigenvalue weighted by Crippen LogP contribution is 2.21. The summed E-state index contributed by atoms with van der Waals surface area (Å²) in [5.74, 6) is -0.0735. The SMILES string of the molecule is Cc1cccc(NC(=O)N[C@@H]2CCN(c3ccccc3)C2=O)c1. The minimum atomic E-state index is -0.486. The molecule has 1 saturated heterocycles. The summed E-state index contributed by atoms with van der Waals surface area (Å²) in [6.07, 6.45) is 0.606.